The van der Waals surface area contributed by atoms with Crippen molar-refractivity contribution in [1.29, 1.82) is 0 Å². The normalized spacial score (nSPS) is 23.6. The molecule has 4 unspecified atom stereocenters. The number of phenolic OH excluding ortho intramolecular Hbond substituents is 1. The lowest BCUT2D eigenvalue weighted by Crippen LogP contribution is -2.57. The van der Waals surface area contributed by atoms with Crippen LogP contribution < -0.4 is 15.0 Å². The molecule has 2 amide bonds. The van der Waals surface area contributed by atoms with E-state index in [1.54, 1.807) is 24.3 Å². The Balaban J connectivity index is 1.60. The summed E-state index contributed by atoms with van der Waals surface area (Å²) in [4.78, 5) is 65.0. The van der Waals surface area contributed by atoms with Gasteiger partial charge in [0.25, 0.3) is 0 Å². The number of nitrogens with one attached hydrogen (secondary N) is 1. The third-order valence-corrected chi connectivity index (χ3v) is 7.49. The molecular formula is C30H26N2O8. The van der Waals surface area contributed by atoms with Gasteiger partial charge in [0, 0.05) is 24.9 Å². The van der Waals surface area contributed by atoms with Crippen molar-refractivity contribution in [1.82, 2.24) is 5.32 Å². The molecule has 0 radical (unpaired) electrons. The molecule has 5 rings (SSSR count). The maximum atomic E-state index is 14.0. The summed E-state index contributed by atoms with van der Waals surface area (Å²) in [6.45, 7) is 2.67. The zero-order chi connectivity index (χ0) is 28.8. The van der Waals surface area contributed by atoms with Crippen LogP contribution in [-0.4, -0.2) is 45.3 Å². The molecule has 2 saturated heterocycles. The number of nitrogens with zero attached hydrogens (tertiary/aromatic N) is 1. The van der Waals surface area contributed by atoms with E-state index in [0.29, 0.717) is 16.7 Å². The van der Waals surface area contributed by atoms with E-state index in [0.717, 1.165) is 4.90 Å². The van der Waals surface area contributed by atoms with Crippen LogP contribution in [0.15, 0.2) is 72.8 Å². The maximum Gasteiger partial charge on any atom is 0.325 e. The summed E-state index contributed by atoms with van der Waals surface area (Å²) in [5.74, 6) is -5.27. The molecule has 2 fully saturated rings. The lowest BCUT2D eigenvalue weighted by Gasteiger charge is -2.31. The number of carbonyl (C=O) groups excluding carboxylic acids is 4. The molecule has 2 heterocycles. The summed E-state index contributed by atoms with van der Waals surface area (Å²) >= 11 is 0. The van der Waals surface area contributed by atoms with Gasteiger partial charge in [0.1, 0.15) is 17.0 Å². The van der Waals surface area contributed by atoms with Gasteiger partial charge in [-0.15, -0.1) is 0 Å². The Morgan fingerprint density at radius 2 is 1.52 bits per heavy atom. The van der Waals surface area contributed by atoms with Crippen LogP contribution in [0, 0.1) is 11.8 Å². The summed E-state index contributed by atoms with van der Waals surface area (Å²) in [6.07, 6.45) is -0.137. The first-order valence-corrected chi connectivity index (χ1v) is 12.6. The van der Waals surface area contributed by atoms with E-state index in [1.165, 1.54) is 62.4 Å². The number of carboxylic acid groups (broad SMARTS) is 1. The quantitative estimate of drug-likeness (QED) is 0.177. The number of aliphatic carboxylic acids is 1. The van der Waals surface area contributed by atoms with Crippen LogP contribution in [-0.2, 0) is 25.6 Å². The Morgan fingerprint density at radius 3 is 2.08 bits per heavy atom. The summed E-state index contributed by atoms with van der Waals surface area (Å²) < 4.78 is 5.10. The molecule has 4 atom stereocenters. The van der Waals surface area contributed by atoms with E-state index in [4.69, 9.17) is 4.74 Å². The number of phenols is 1. The fourth-order valence-electron chi connectivity index (χ4n) is 5.67. The number of aromatic hydroxyl groups is 1. The Hall–Kier alpha value is -4.83. The highest BCUT2D eigenvalue weighted by Gasteiger charge is 2.68. The third kappa shape index (κ3) is 4.52. The summed E-state index contributed by atoms with van der Waals surface area (Å²) in [5, 5.41) is 23.4. The minimum atomic E-state index is -1.86. The number of fused-ring (bicyclic) bond motifs is 1. The molecule has 2 aliphatic rings. The van der Waals surface area contributed by atoms with E-state index in [1.807, 2.05) is 0 Å². The molecule has 2 aliphatic heterocycles. The van der Waals surface area contributed by atoms with Crippen molar-refractivity contribution in [2.24, 2.45) is 11.8 Å². The first kappa shape index (κ1) is 26.8. The lowest BCUT2D eigenvalue weighted by atomic mass is 9.76. The monoisotopic (exact) mass is 542 g/mol. The summed E-state index contributed by atoms with van der Waals surface area (Å²) in [5.41, 5.74) is -0.136. The molecule has 0 aliphatic carbocycles. The predicted molar refractivity (Wildman–Crippen MR) is 142 cm³/mol. The number of imide groups is 1. The van der Waals surface area contributed by atoms with Crippen molar-refractivity contribution in [3.8, 4) is 11.5 Å². The van der Waals surface area contributed by atoms with E-state index in [9.17, 15) is 34.2 Å². The van der Waals surface area contributed by atoms with Crippen molar-refractivity contribution in [2.75, 3.05) is 4.90 Å². The smallest absolute Gasteiger partial charge is 0.325 e. The number of benzene rings is 3. The standard InChI is InChI=1S/C30H26N2O8/c1-16(33)19-5-9-21(10-6-19)32-27(36)24-25(28(32)37)30(29(38)39,15-18-3-11-22(35)12-4-18)31-26(24)20-7-13-23(14-8-20)40-17(2)34/h3-14,24-26,31,35H,15H2,1-2H3,(H,38,39). The number of Topliss-reactive ketones (excluding diaryl/α,β-unsaturated/α-hetero) is 1. The molecule has 10 heteroatoms. The Kier molecular flexibility index (Phi) is 6.72. The number of ketones is 1. The third-order valence-electron chi connectivity index (χ3n) is 7.49. The number of rotatable bonds is 7. The van der Waals surface area contributed by atoms with Crippen LogP contribution in [0.25, 0.3) is 0 Å². The predicted octanol–water partition coefficient (Wildman–Crippen LogP) is 3.04. The van der Waals surface area contributed by atoms with Crippen molar-refractivity contribution in [3.05, 3.63) is 89.5 Å². The van der Waals surface area contributed by atoms with Crippen LogP contribution in [0.3, 0.4) is 0 Å². The van der Waals surface area contributed by atoms with Crippen LogP contribution in [0.2, 0.25) is 0 Å². The van der Waals surface area contributed by atoms with Crippen LogP contribution in [0.4, 0.5) is 5.69 Å². The van der Waals surface area contributed by atoms with Crippen molar-refractivity contribution in [2.45, 2.75) is 31.8 Å². The second-order valence-electron chi connectivity index (χ2n) is 10.0. The highest BCUT2D eigenvalue weighted by atomic mass is 16.5. The number of hydrogen-bond donors (Lipinski definition) is 3. The average Bonchev–Trinajstić information content (AvgIpc) is 3.39. The maximum absolute atomic E-state index is 14.0. The van der Waals surface area contributed by atoms with Gasteiger partial charge < -0.3 is 14.9 Å². The van der Waals surface area contributed by atoms with Crippen molar-refractivity contribution >= 4 is 35.2 Å². The molecule has 204 valence electrons. The highest BCUT2D eigenvalue weighted by Crippen LogP contribution is 2.51. The molecule has 0 bridgehead atoms. The summed E-state index contributed by atoms with van der Waals surface area (Å²) in [7, 11) is 0. The highest BCUT2D eigenvalue weighted by molar-refractivity contribution is 6.24. The Labute approximate surface area is 229 Å². The minimum Gasteiger partial charge on any atom is -0.508 e. The van der Waals surface area contributed by atoms with E-state index in [-0.39, 0.29) is 29.4 Å². The average molecular weight is 543 g/mol. The van der Waals surface area contributed by atoms with Gasteiger partial charge in [-0.2, -0.15) is 0 Å². The lowest BCUT2D eigenvalue weighted by molar-refractivity contribution is -0.148. The van der Waals surface area contributed by atoms with Gasteiger partial charge in [0.05, 0.1) is 17.5 Å². The van der Waals surface area contributed by atoms with Gasteiger partial charge in [0.2, 0.25) is 11.8 Å². The molecular weight excluding hydrogens is 516 g/mol. The van der Waals surface area contributed by atoms with Crippen molar-refractivity contribution < 1.29 is 38.9 Å². The topological polar surface area (TPSA) is 150 Å². The Morgan fingerprint density at radius 1 is 0.900 bits per heavy atom. The fourth-order valence-corrected chi connectivity index (χ4v) is 5.67. The van der Waals surface area contributed by atoms with Gasteiger partial charge in [-0.25, -0.2) is 4.90 Å². The Bertz CT molecular complexity index is 1510. The number of carbonyl (C=O) groups is 5. The summed E-state index contributed by atoms with van der Waals surface area (Å²) in [6, 6.07) is 17.4. The van der Waals surface area contributed by atoms with Crippen molar-refractivity contribution in [3.63, 3.8) is 0 Å². The second kappa shape index (κ2) is 10.0. The fraction of sp³-hybridized carbons (Fsp3) is 0.233. The van der Waals surface area contributed by atoms with E-state index >= 15 is 0 Å². The minimum absolute atomic E-state index is 0.00318. The molecule has 0 saturated carbocycles. The van der Waals surface area contributed by atoms with Gasteiger partial charge >= 0.3 is 11.9 Å². The zero-order valence-electron chi connectivity index (χ0n) is 21.7. The molecule has 40 heavy (non-hydrogen) atoms. The SMILES string of the molecule is CC(=O)Oc1ccc(C2NC(Cc3ccc(O)cc3)(C(=O)O)C3C(=O)N(c4ccc(C(C)=O)cc4)C(=O)C23)cc1. The van der Waals surface area contributed by atoms with Gasteiger partial charge in [-0.3, -0.25) is 29.3 Å². The molecule has 3 N–H and O–H groups in total. The molecule has 10 nitrogen and oxygen atoms in total. The van der Waals surface area contributed by atoms with Crippen LogP contribution in [0.5, 0.6) is 11.5 Å². The first-order chi connectivity index (χ1) is 19.0. The number of amides is 2. The van der Waals surface area contributed by atoms with E-state index in [2.05, 4.69) is 5.32 Å². The first-order valence-electron chi connectivity index (χ1n) is 12.6. The largest absolute Gasteiger partial charge is 0.508 e. The molecule has 3 aromatic rings. The van der Waals surface area contributed by atoms with E-state index < -0.39 is 47.2 Å². The number of esters is 1. The zero-order valence-corrected chi connectivity index (χ0v) is 21.7. The number of hydrogen-bond acceptors (Lipinski definition) is 8. The van der Waals surface area contributed by atoms with Gasteiger partial charge in [0.15, 0.2) is 5.78 Å². The second-order valence-corrected chi connectivity index (χ2v) is 10.0. The number of carboxylic acids is 1. The number of ether oxygens (including phenoxy) is 1. The van der Waals surface area contributed by atoms with Crippen LogP contribution >= 0.6 is 0 Å². The van der Waals surface area contributed by atoms with Gasteiger partial charge in [-0.05, 0) is 66.6 Å². The molecule has 0 spiro atoms. The van der Waals surface area contributed by atoms with Crippen LogP contribution in [0.1, 0.15) is 41.4 Å². The van der Waals surface area contributed by atoms with Gasteiger partial charge in [-0.1, -0.05) is 24.3 Å². The molecule has 3 aromatic carbocycles. The number of anilines is 1. The molecule has 0 aromatic heterocycles.